The van der Waals surface area contributed by atoms with Crippen molar-refractivity contribution in [2.45, 2.75) is 6.54 Å². The highest BCUT2D eigenvalue weighted by Crippen LogP contribution is 2.33. The number of hydrogen-bond donors (Lipinski definition) is 1. The number of nitrogens with one attached hydrogen (secondary N) is 1. The number of anilines is 2. The van der Waals surface area contributed by atoms with Crippen molar-refractivity contribution in [3.05, 3.63) is 68.1 Å². The maximum absolute atomic E-state index is 4.65. The third kappa shape index (κ3) is 3.11. The van der Waals surface area contributed by atoms with Crippen molar-refractivity contribution in [3.63, 3.8) is 0 Å². The molecule has 0 radical (unpaired) electrons. The summed E-state index contributed by atoms with van der Waals surface area (Å²) in [7, 11) is 0. The molecule has 4 aromatic rings. The zero-order valence-corrected chi connectivity index (χ0v) is 16.4. The van der Waals surface area contributed by atoms with E-state index in [1.165, 1.54) is 0 Å². The van der Waals surface area contributed by atoms with Gasteiger partial charge in [-0.2, -0.15) is 16.4 Å². The summed E-state index contributed by atoms with van der Waals surface area (Å²) in [6, 6.07) is 14.1. The lowest BCUT2D eigenvalue weighted by Gasteiger charge is -2.07. The first kappa shape index (κ1) is 15.8. The van der Waals surface area contributed by atoms with Gasteiger partial charge in [-0.3, -0.25) is 4.68 Å². The third-order valence-electron chi connectivity index (χ3n) is 3.62. The molecule has 3 aromatic heterocycles. The molecule has 0 amide bonds. The molecule has 0 bridgehead atoms. The van der Waals surface area contributed by atoms with Gasteiger partial charge in [-0.25, -0.2) is 4.98 Å². The van der Waals surface area contributed by atoms with Crippen LogP contribution in [0.2, 0.25) is 0 Å². The van der Waals surface area contributed by atoms with Crippen LogP contribution < -0.4 is 5.32 Å². The number of fused-ring (bicyclic) bond motifs is 1. The van der Waals surface area contributed by atoms with Gasteiger partial charge in [0.25, 0.3) is 0 Å². The molecule has 3 heterocycles. The Morgan fingerprint density at radius 3 is 2.75 bits per heavy atom. The zero-order chi connectivity index (χ0) is 16.5. The van der Waals surface area contributed by atoms with E-state index in [2.05, 4.69) is 76.2 Å². The number of nitrogens with zero attached hydrogens (tertiary/aromatic N) is 3. The van der Waals surface area contributed by atoms with Gasteiger partial charge in [0.2, 0.25) is 0 Å². The Bertz CT molecular complexity index is 995. The van der Waals surface area contributed by atoms with Gasteiger partial charge in [0.15, 0.2) is 0 Å². The molecule has 1 aromatic carbocycles. The summed E-state index contributed by atoms with van der Waals surface area (Å²) >= 11 is 8.69. The minimum Gasteiger partial charge on any atom is -0.354 e. The smallest absolute Gasteiger partial charge is 0.138 e. The van der Waals surface area contributed by atoms with Crippen molar-refractivity contribution in [2.75, 3.05) is 5.32 Å². The molecule has 0 unspecified atom stereocenters. The van der Waals surface area contributed by atoms with E-state index in [1.807, 2.05) is 28.9 Å². The highest BCUT2D eigenvalue weighted by molar-refractivity contribution is 9.10. The fourth-order valence-corrected chi connectivity index (χ4v) is 4.17. The molecule has 24 heavy (non-hydrogen) atoms. The van der Waals surface area contributed by atoms with Crippen molar-refractivity contribution in [3.8, 4) is 0 Å². The van der Waals surface area contributed by atoms with Crippen molar-refractivity contribution >= 4 is 65.5 Å². The van der Waals surface area contributed by atoms with Crippen LogP contribution >= 0.6 is 43.2 Å². The molecule has 1 N–H and O–H groups in total. The SMILES string of the molecule is Brc1cccc(Cn2nc(Br)c3c(Nc4ccsc4)cccc32)n1. The van der Waals surface area contributed by atoms with Crippen LogP contribution in [0.4, 0.5) is 11.4 Å². The zero-order valence-electron chi connectivity index (χ0n) is 12.4. The molecule has 0 fully saturated rings. The topological polar surface area (TPSA) is 42.7 Å². The maximum Gasteiger partial charge on any atom is 0.138 e. The Morgan fingerprint density at radius 1 is 1.08 bits per heavy atom. The predicted octanol–water partition coefficient (Wildman–Crippen LogP) is 5.81. The third-order valence-corrected chi connectivity index (χ3v) is 5.30. The Kier molecular flexibility index (Phi) is 4.39. The number of thiophene rings is 1. The van der Waals surface area contributed by atoms with Gasteiger partial charge in [-0.1, -0.05) is 12.1 Å². The Balaban J connectivity index is 1.75. The highest BCUT2D eigenvalue weighted by atomic mass is 79.9. The lowest BCUT2D eigenvalue weighted by atomic mass is 10.2. The average molecular weight is 464 g/mol. The fourth-order valence-electron chi connectivity index (χ4n) is 2.59. The van der Waals surface area contributed by atoms with E-state index >= 15 is 0 Å². The molecule has 120 valence electrons. The summed E-state index contributed by atoms with van der Waals surface area (Å²) in [4.78, 5) is 4.49. The van der Waals surface area contributed by atoms with Crippen LogP contribution in [0.1, 0.15) is 5.69 Å². The van der Waals surface area contributed by atoms with Crippen LogP contribution in [0.3, 0.4) is 0 Å². The highest BCUT2D eigenvalue weighted by Gasteiger charge is 2.13. The van der Waals surface area contributed by atoms with Crippen LogP contribution in [0, 0.1) is 0 Å². The summed E-state index contributed by atoms with van der Waals surface area (Å²) in [5, 5.41) is 13.3. The van der Waals surface area contributed by atoms with Gasteiger partial charge in [0.1, 0.15) is 9.21 Å². The first-order valence-electron chi connectivity index (χ1n) is 7.26. The van der Waals surface area contributed by atoms with Crippen LogP contribution in [0.5, 0.6) is 0 Å². The second-order valence-electron chi connectivity index (χ2n) is 5.24. The summed E-state index contributed by atoms with van der Waals surface area (Å²) in [5.74, 6) is 0. The molecule has 0 saturated carbocycles. The summed E-state index contributed by atoms with van der Waals surface area (Å²) in [6.45, 7) is 0.615. The Labute approximate surface area is 159 Å². The lowest BCUT2D eigenvalue weighted by molar-refractivity contribution is 0.690. The molecular weight excluding hydrogens is 452 g/mol. The first-order chi connectivity index (χ1) is 11.7. The lowest BCUT2D eigenvalue weighted by Crippen LogP contribution is -2.03. The molecule has 4 nitrogen and oxygen atoms in total. The van der Waals surface area contributed by atoms with Gasteiger partial charge in [-0.05, 0) is 67.6 Å². The number of halogens is 2. The summed E-state index contributed by atoms with van der Waals surface area (Å²) in [6.07, 6.45) is 0. The average Bonchev–Trinajstić information content (AvgIpc) is 3.17. The molecule has 0 aliphatic rings. The summed E-state index contributed by atoms with van der Waals surface area (Å²) < 4.78 is 3.62. The van der Waals surface area contributed by atoms with Crippen molar-refractivity contribution in [1.82, 2.24) is 14.8 Å². The fraction of sp³-hybridized carbons (Fsp3) is 0.0588. The van der Waals surface area contributed by atoms with E-state index in [0.717, 1.165) is 37.2 Å². The molecule has 0 saturated heterocycles. The Hall–Kier alpha value is -1.70. The predicted molar refractivity (Wildman–Crippen MR) is 106 cm³/mol. The van der Waals surface area contributed by atoms with E-state index in [1.54, 1.807) is 11.3 Å². The summed E-state index contributed by atoms with van der Waals surface area (Å²) in [5.41, 5.74) is 4.13. The van der Waals surface area contributed by atoms with Gasteiger partial charge in [-0.15, -0.1) is 0 Å². The molecule has 7 heteroatoms. The molecule has 0 atom stereocenters. The van der Waals surface area contributed by atoms with Gasteiger partial charge in [0.05, 0.1) is 28.8 Å². The van der Waals surface area contributed by atoms with E-state index in [0.29, 0.717) is 6.54 Å². The number of aromatic nitrogens is 3. The van der Waals surface area contributed by atoms with E-state index in [9.17, 15) is 0 Å². The van der Waals surface area contributed by atoms with Crippen LogP contribution in [-0.4, -0.2) is 14.8 Å². The largest absolute Gasteiger partial charge is 0.354 e. The number of hydrogen-bond acceptors (Lipinski definition) is 4. The number of benzene rings is 1. The maximum atomic E-state index is 4.65. The monoisotopic (exact) mass is 462 g/mol. The van der Waals surface area contributed by atoms with Crippen molar-refractivity contribution in [1.29, 1.82) is 0 Å². The molecule has 0 aliphatic carbocycles. The molecule has 0 aliphatic heterocycles. The minimum atomic E-state index is 0.615. The number of pyridine rings is 1. The van der Waals surface area contributed by atoms with Crippen LogP contribution in [0.15, 0.2) is 62.4 Å². The van der Waals surface area contributed by atoms with Crippen LogP contribution in [-0.2, 0) is 6.54 Å². The number of rotatable bonds is 4. The van der Waals surface area contributed by atoms with E-state index in [4.69, 9.17) is 0 Å². The van der Waals surface area contributed by atoms with E-state index < -0.39 is 0 Å². The van der Waals surface area contributed by atoms with Crippen molar-refractivity contribution < 1.29 is 0 Å². The van der Waals surface area contributed by atoms with Crippen LogP contribution in [0.25, 0.3) is 10.9 Å². The standard InChI is InChI=1S/C17H12Br2N4S/c18-15-6-1-3-11(21-15)9-23-14-5-2-4-13(16(14)17(19)22-23)20-12-7-8-24-10-12/h1-8,10,20H,9H2. The minimum absolute atomic E-state index is 0.615. The van der Waals surface area contributed by atoms with Gasteiger partial charge >= 0.3 is 0 Å². The normalized spacial score (nSPS) is 11.1. The second kappa shape index (κ2) is 6.66. The van der Waals surface area contributed by atoms with Gasteiger partial charge in [0, 0.05) is 11.1 Å². The first-order valence-corrected chi connectivity index (χ1v) is 9.79. The molecular formula is C17H12Br2N4S. The van der Waals surface area contributed by atoms with Gasteiger partial charge < -0.3 is 5.32 Å². The van der Waals surface area contributed by atoms with E-state index in [-0.39, 0.29) is 0 Å². The Morgan fingerprint density at radius 2 is 1.96 bits per heavy atom. The quantitative estimate of drug-likeness (QED) is 0.388. The second-order valence-corrected chi connectivity index (χ2v) is 7.58. The molecule has 0 spiro atoms. The van der Waals surface area contributed by atoms with Crippen molar-refractivity contribution in [2.24, 2.45) is 0 Å². The molecule has 4 rings (SSSR count).